The van der Waals surface area contributed by atoms with Crippen molar-refractivity contribution in [2.45, 2.75) is 6.92 Å². The topological polar surface area (TPSA) is 53.1 Å². The molecule has 3 aromatic rings. The Kier molecular flexibility index (Phi) is 2.82. The number of ether oxygens (including phenoxy) is 1. The summed E-state index contributed by atoms with van der Waals surface area (Å²) in [6.45, 7) is 1.90. The normalized spacial score (nSPS) is 10.9. The Balaban J connectivity index is 2.37. The Labute approximate surface area is 115 Å². The lowest BCUT2D eigenvalue weighted by atomic mass is 10.2. The number of hydrogen-bond acceptors (Lipinski definition) is 3. The minimum Gasteiger partial charge on any atom is -0.494 e. The molecule has 0 bridgehead atoms. The first kappa shape index (κ1) is 12.5. The lowest BCUT2D eigenvalue weighted by Crippen LogP contribution is -2.03. The fourth-order valence-corrected chi connectivity index (χ4v) is 2.33. The summed E-state index contributed by atoms with van der Waals surface area (Å²) in [6.07, 6.45) is 0. The fourth-order valence-electron chi connectivity index (χ4n) is 2.33. The molecule has 0 saturated heterocycles. The molecule has 0 aliphatic heterocycles. The first-order valence-electron chi connectivity index (χ1n) is 6.19. The molecule has 3 rings (SSSR count). The zero-order valence-corrected chi connectivity index (χ0v) is 11.2. The monoisotopic (exact) mass is 271 g/mol. The molecule has 20 heavy (non-hydrogen) atoms. The van der Waals surface area contributed by atoms with E-state index < -0.39 is 0 Å². The highest BCUT2D eigenvalue weighted by molar-refractivity contribution is 5.86. The summed E-state index contributed by atoms with van der Waals surface area (Å²) in [6, 6.07) is 10.1. The van der Waals surface area contributed by atoms with Crippen LogP contribution in [0, 0.1) is 12.7 Å². The first-order chi connectivity index (χ1) is 9.61. The number of aryl methyl sites for hydroxylation is 1. The number of nitrogens with two attached hydrogens (primary N) is 1. The zero-order valence-electron chi connectivity index (χ0n) is 11.2. The largest absolute Gasteiger partial charge is 0.494 e. The minimum absolute atomic E-state index is 0.304. The van der Waals surface area contributed by atoms with Crippen LogP contribution in [0.25, 0.3) is 16.7 Å². The van der Waals surface area contributed by atoms with E-state index in [1.54, 1.807) is 17.7 Å². The molecule has 0 saturated carbocycles. The highest BCUT2D eigenvalue weighted by Gasteiger charge is 2.15. The van der Waals surface area contributed by atoms with Crippen LogP contribution in [0.1, 0.15) is 5.56 Å². The van der Waals surface area contributed by atoms with Crippen molar-refractivity contribution in [3.8, 4) is 11.4 Å². The van der Waals surface area contributed by atoms with Crippen molar-refractivity contribution in [2.24, 2.45) is 0 Å². The predicted molar refractivity (Wildman–Crippen MR) is 76.7 cm³/mol. The molecular weight excluding hydrogens is 257 g/mol. The van der Waals surface area contributed by atoms with Gasteiger partial charge in [-0.3, -0.25) is 4.57 Å². The molecule has 0 fully saturated rings. The molecule has 102 valence electrons. The number of hydrogen-bond donors (Lipinski definition) is 1. The van der Waals surface area contributed by atoms with Crippen molar-refractivity contribution in [3.63, 3.8) is 0 Å². The van der Waals surface area contributed by atoms with E-state index in [2.05, 4.69) is 4.98 Å². The SMILES string of the molecule is COc1cccc2c1nc(N)n2-c1cc(F)ccc1C. The van der Waals surface area contributed by atoms with Crippen LogP contribution in [0.2, 0.25) is 0 Å². The second-order valence-corrected chi connectivity index (χ2v) is 4.56. The Morgan fingerprint density at radius 2 is 2.05 bits per heavy atom. The third-order valence-corrected chi connectivity index (χ3v) is 3.31. The van der Waals surface area contributed by atoms with Gasteiger partial charge in [0.05, 0.1) is 18.3 Å². The van der Waals surface area contributed by atoms with E-state index in [-0.39, 0.29) is 5.82 Å². The summed E-state index contributed by atoms with van der Waals surface area (Å²) in [5.74, 6) is 0.634. The second kappa shape index (κ2) is 4.52. The van der Waals surface area contributed by atoms with Gasteiger partial charge >= 0.3 is 0 Å². The summed E-state index contributed by atoms with van der Waals surface area (Å²) in [7, 11) is 1.58. The van der Waals surface area contributed by atoms with Gasteiger partial charge in [-0.2, -0.15) is 0 Å². The second-order valence-electron chi connectivity index (χ2n) is 4.56. The van der Waals surface area contributed by atoms with Crippen molar-refractivity contribution in [3.05, 3.63) is 47.8 Å². The maximum Gasteiger partial charge on any atom is 0.206 e. The number of nitrogens with zero attached hydrogens (tertiary/aromatic N) is 2. The lowest BCUT2D eigenvalue weighted by Gasteiger charge is -2.10. The number of aromatic nitrogens is 2. The van der Waals surface area contributed by atoms with Crippen LogP contribution >= 0.6 is 0 Å². The van der Waals surface area contributed by atoms with Crippen molar-refractivity contribution in [1.29, 1.82) is 0 Å². The minimum atomic E-state index is -0.310. The molecule has 2 aromatic carbocycles. The molecular formula is C15H14FN3O. The van der Waals surface area contributed by atoms with Gasteiger partial charge in [0.1, 0.15) is 17.1 Å². The summed E-state index contributed by atoms with van der Waals surface area (Å²) in [4.78, 5) is 4.32. The molecule has 5 heteroatoms. The van der Waals surface area contributed by atoms with E-state index in [0.29, 0.717) is 22.9 Å². The van der Waals surface area contributed by atoms with Gasteiger partial charge in [-0.15, -0.1) is 0 Å². The van der Waals surface area contributed by atoms with Crippen LogP contribution in [0.4, 0.5) is 10.3 Å². The van der Waals surface area contributed by atoms with Crippen molar-refractivity contribution in [2.75, 3.05) is 12.8 Å². The molecule has 0 aliphatic carbocycles. The van der Waals surface area contributed by atoms with Crippen LogP contribution in [0.15, 0.2) is 36.4 Å². The number of anilines is 1. The molecule has 0 radical (unpaired) electrons. The molecule has 0 atom stereocenters. The highest BCUT2D eigenvalue weighted by atomic mass is 19.1. The van der Waals surface area contributed by atoms with Gasteiger partial charge in [0.25, 0.3) is 0 Å². The summed E-state index contributed by atoms with van der Waals surface area (Å²) in [5.41, 5.74) is 9.05. The number of imidazole rings is 1. The van der Waals surface area contributed by atoms with E-state index >= 15 is 0 Å². The lowest BCUT2D eigenvalue weighted by molar-refractivity contribution is 0.419. The van der Waals surface area contributed by atoms with Gasteiger partial charge in [-0.05, 0) is 36.8 Å². The molecule has 0 amide bonds. The quantitative estimate of drug-likeness (QED) is 0.779. The van der Waals surface area contributed by atoms with Gasteiger partial charge in [0.15, 0.2) is 0 Å². The number of benzene rings is 2. The smallest absolute Gasteiger partial charge is 0.206 e. The summed E-state index contributed by atoms with van der Waals surface area (Å²) in [5, 5.41) is 0. The Morgan fingerprint density at radius 1 is 1.25 bits per heavy atom. The molecule has 4 nitrogen and oxygen atoms in total. The third-order valence-electron chi connectivity index (χ3n) is 3.31. The average Bonchev–Trinajstić information content (AvgIpc) is 2.77. The Hall–Kier alpha value is -2.56. The number of halogens is 1. The molecule has 1 aromatic heterocycles. The zero-order chi connectivity index (χ0) is 14.3. The van der Waals surface area contributed by atoms with E-state index in [1.165, 1.54) is 12.1 Å². The van der Waals surface area contributed by atoms with Crippen LogP contribution in [-0.2, 0) is 0 Å². The van der Waals surface area contributed by atoms with Gasteiger partial charge in [0.2, 0.25) is 5.95 Å². The van der Waals surface area contributed by atoms with Crippen LogP contribution in [0.5, 0.6) is 5.75 Å². The number of para-hydroxylation sites is 1. The van der Waals surface area contributed by atoms with E-state index in [0.717, 1.165) is 11.1 Å². The van der Waals surface area contributed by atoms with E-state index in [4.69, 9.17) is 10.5 Å². The fraction of sp³-hybridized carbons (Fsp3) is 0.133. The number of fused-ring (bicyclic) bond motifs is 1. The van der Waals surface area contributed by atoms with Crippen molar-refractivity contribution < 1.29 is 9.13 Å². The Morgan fingerprint density at radius 3 is 2.80 bits per heavy atom. The van der Waals surface area contributed by atoms with E-state index in [1.807, 2.05) is 25.1 Å². The van der Waals surface area contributed by atoms with Gasteiger partial charge in [-0.1, -0.05) is 12.1 Å². The maximum absolute atomic E-state index is 13.5. The molecule has 0 spiro atoms. The van der Waals surface area contributed by atoms with Gasteiger partial charge in [-0.25, -0.2) is 9.37 Å². The first-order valence-corrected chi connectivity index (χ1v) is 6.19. The predicted octanol–water partition coefficient (Wildman–Crippen LogP) is 3.06. The summed E-state index contributed by atoms with van der Waals surface area (Å²) < 4.78 is 20.5. The van der Waals surface area contributed by atoms with Crippen molar-refractivity contribution in [1.82, 2.24) is 9.55 Å². The number of methoxy groups -OCH3 is 1. The van der Waals surface area contributed by atoms with Crippen LogP contribution in [-0.4, -0.2) is 16.7 Å². The molecule has 2 N–H and O–H groups in total. The van der Waals surface area contributed by atoms with Gasteiger partial charge < -0.3 is 10.5 Å². The van der Waals surface area contributed by atoms with E-state index in [9.17, 15) is 4.39 Å². The summed E-state index contributed by atoms with van der Waals surface area (Å²) >= 11 is 0. The highest BCUT2D eigenvalue weighted by Crippen LogP contribution is 2.30. The number of rotatable bonds is 2. The average molecular weight is 271 g/mol. The standard InChI is InChI=1S/C15H14FN3O/c1-9-6-7-10(16)8-12(9)19-11-4-3-5-13(20-2)14(11)18-15(19)17/h3-8H,1-2H3,(H2,17,18). The molecule has 0 aliphatic rings. The third kappa shape index (κ3) is 1.79. The van der Waals surface area contributed by atoms with Crippen LogP contribution < -0.4 is 10.5 Å². The van der Waals surface area contributed by atoms with Crippen molar-refractivity contribution >= 4 is 17.0 Å². The molecule has 0 unspecified atom stereocenters. The molecule has 1 heterocycles. The number of nitrogen functional groups attached to an aromatic ring is 1. The Bertz CT molecular complexity index is 795. The van der Waals surface area contributed by atoms with Gasteiger partial charge in [0, 0.05) is 0 Å². The maximum atomic E-state index is 13.5. The van der Waals surface area contributed by atoms with Crippen LogP contribution in [0.3, 0.4) is 0 Å².